The van der Waals surface area contributed by atoms with Crippen molar-refractivity contribution < 1.29 is 1.37 Å². The van der Waals surface area contributed by atoms with Crippen LogP contribution in [0.5, 0.6) is 0 Å². The van der Waals surface area contributed by atoms with Crippen LogP contribution in [-0.4, -0.2) is 25.0 Å². The van der Waals surface area contributed by atoms with Crippen molar-refractivity contribution in [3.05, 3.63) is 0 Å². The molecule has 1 heteroatoms. The highest BCUT2D eigenvalue weighted by Gasteiger charge is 2.02. The molecular formula is C6H13N. The molecule has 1 rings (SSSR count). The summed E-state index contributed by atoms with van der Waals surface area (Å²) < 4.78 is 7.34. The number of hydrogen-bond acceptors (Lipinski definition) is 1. The van der Waals surface area contributed by atoms with Gasteiger partial charge in [-0.3, -0.25) is 0 Å². The molecule has 0 spiro atoms. The maximum absolute atomic E-state index is 7.34. The van der Waals surface area contributed by atoms with Crippen molar-refractivity contribution >= 4 is 0 Å². The highest BCUT2D eigenvalue weighted by Crippen LogP contribution is 2.04. The summed E-state index contributed by atoms with van der Waals surface area (Å²) in [6.45, 7) is 2.24. The second-order valence-corrected chi connectivity index (χ2v) is 2.17. The smallest absolute Gasteiger partial charge is 0.0267 e. The fourth-order valence-corrected chi connectivity index (χ4v) is 0.879. The molecule has 0 radical (unpaired) electrons. The van der Waals surface area contributed by atoms with E-state index in [1.165, 1.54) is 0 Å². The van der Waals surface area contributed by atoms with Crippen LogP contribution in [0.25, 0.3) is 0 Å². The van der Waals surface area contributed by atoms with Gasteiger partial charge in [0.1, 0.15) is 0 Å². The Morgan fingerprint density at radius 2 is 2.00 bits per heavy atom. The first-order valence-corrected chi connectivity index (χ1v) is 2.90. The Labute approximate surface area is 46.7 Å². The Morgan fingerprint density at radius 3 is 2.43 bits per heavy atom. The van der Waals surface area contributed by atoms with Crippen LogP contribution in [0, 0.1) is 0 Å². The highest BCUT2D eigenvalue weighted by atomic mass is 15.1. The highest BCUT2D eigenvalue weighted by molar-refractivity contribution is 4.58. The molecule has 0 aromatic carbocycles. The van der Waals surface area contributed by atoms with E-state index in [1.54, 1.807) is 0 Å². The Balaban J connectivity index is 2.19. The van der Waals surface area contributed by atoms with Gasteiger partial charge in [0.15, 0.2) is 0 Å². The van der Waals surface area contributed by atoms with Crippen molar-refractivity contribution in [2.75, 3.05) is 20.1 Å². The van der Waals surface area contributed by atoms with Gasteiger partial charge in [0.25, 0.3) is 0 Å². The lowest BCUT2D eigenvalue weighted by molar-refractivity contribution is 0.277. The zero-order valence-corrected chi connectivity index (χ0v) is 4.85. The molecule has 7 heavy (non-hydrogen) atoms. The number of piperidine rings is 1. The summed E-state index contributed by atoms with van der Waals surface area (Å²) in [5.41, 5.74) is 0. The fraction of sp³-hybridized carbons (Fsp3) is 1.00. The van der Waals surface area contributed by atoms with Crippen molar-refractivity contribution in [3.63, 3.8) is 0 Å². The first-order valence-electron chi connectivity index (χ1n) is 3.47. The van der Waals surface area contributed by atoms with E-state index in [1.807, 2.05) is 0 Å². The standard InChI is InChI=1S/C6H13N/c1-7-5-3-2-4-6-7/h2-6H2,1H3/i2D. The van der Waals surface area contributed by atoms with Crippen molar-refractivity contribution in [3.8, 4) is 0 Å². The van der Waals surface area contributed by atoms with Crippen LogP contribution in [-0.2, 0) is 0 Å². The maximum atomic E-state index is 7.34. The van der Waals surface area contributed by atoms with Crippen LogP contribution in [0.4, 0.5) is 0 Å². The minimum atomic E-state index is 0.228. The largest absolute Gasteiger partial charge is 0.306 e. The van der Waals surface area contributed by atoms with Gasteiger partial charge in [-0.1, -0.05) is 6.40 Å². The van der Waals surface area contributed by atoms with Crippen LogP contribution < -0.4 is 0 Å². The van der Waals surface area contributed by atoms with Gasteiger partial charge in [0.2, 0.25) is 0 Å². The summed E-state index contributed by atoms with van der Waals surface area (Å²) in [7, 11) is 2.12. The molecule has 1 aliphatic heterocycles. The van der Waals surface area contributed by atoms with Crippen LogP contribution in [0.15, 0.2) is 0 Å². The molecule has 1 nitrogen and oxygen atoms in total. The van der Waals surface area contributed by atoms with Gasteiger partial charge in [-0.25, -0.2) is 0 Å². The van der Waals surface area contributed by atoms with Gasteiger partial charge in [-0.05, 0) is 33.0 Å². The molecule has 0 atom stereocenters. The third-order valence-electron chi connectivity index (χ3n) is 1.43. The van der Waals surface area contributed by atoms with Crippen LogP contribution in [0.3, 0.4) is 0 Å². The first-order chi connectivity index (χ1) is 3.79. The summed E-state index contributed by atoms with van der Waals surface area (Å²) in [6.07, 6.45) is 2.36. The molecule has 42 valence electrons. The summed E-state index contributed by atoms with van der Waals surface area (Å²) >= 11 is 0. The van der Waals surface area contributed by atoms with Crippen molar-refractivity contribution in [1.82, 2.24) is 4.90 Å². The van der Waals surface area contributed by atoms with Gasteiger partial charge in [0, 0.05) is 1.37 Å². The average Bonchev–Trinajstić information content (AvgIpc) is 1.77. The van der Waals surface area contributed by atoms with E-state index in [0.717, 1.165) is 25.9 Å². The van der Waals surface area contributed by atoms with E-state index in [0.29, 0.717) is 0 Å². The predicted octanol–water partition coefficient (Wildman–Crippen LogP) is 1.10. The van der Waals surface area contributed by atoms with E-state index in [-0.39, 0.29) is 6.40 Å². The normalized spacial score (nSPS) is 30.1. The molecule has 1 aliphatic rings. The van der Waals surface area contributed by atoms with Gasteiger partial charge >= 0.3 is 0 Å². The van der Waals surface area contributed by atoms with E-state index < -0.39 is 0 Å². The third kappa shape index (κ3) is 1.48. The topological polar surface area (TPSA) is 3.24 Å². The second-order valence-electron chi connectivity index (χ2n) is 2.17. The molecule has 1 saturated heterocycles. The zero-order chi connectivity index (χ0) is 5.98. The maximum Gasteiger partial charge on any atom is 0.0267 e. The monoisotopic (exact) mass is 100 g/mol. The van der Waals surface area contributed by atoms with Crippen molar-refractivity contribution in [2.24, 2.45) is 0 Å². The quantitative estimate of drug-likeness (QED) is 0.440. The molecular weight excluding hydrogens is 86.1 g/mol. The second kappa shape index (κ2) is 2.31. The number of likely N-dealkylation sites (tertiary alicyclic amines) is 1. The lowest BCUT2D eigenvalue weighted by atomic mass is 10.1. The van der Waals surface area contributed by atoms with Crippen LogP contribution in [0.1, 0.15) is 20.6 Å². The molecule has 0 aromatic heterocycles. The lowest BCUT2D eigenvalue weighted by Gasteiger charge is -2.20. The van der Waals surface area contributed by atoms with Gasteiger partial charge in [-0.15, -0.1) is 0 Å². The van der Waals surface area contributed by atoms with Crippen LogP contribution in [0.2, 0.25) is 0 Å². The number of nitrogens with zero attached hydrogens (tertiary/aromatic N) is 1. The minimum Gasteiger partial charge on any atom is -0.306 e. The molecule has 1 heterocycles. The molecule has 0 unspecified atom stereocenters. The summed E-state index contributed by atoms with van der Waals surface area (Å²) in [6, 6.07) is 0. The van der Waals surface area contributed by atoms with E-state index in [2.05, 4.69) is 11.9 Å². The van der Waals surface area contributed by atoms with Crippen molar-refractivity contribution in [1.29, 1.82) is 0 Å². The van der Waals surface area contributed by atoms with Gasteiger partial charge < -0.3 is 4.90 Å². The van der Waals surface area contributed by atoms with E-state index in [9.17, 15) is 0 Å². The Bertz CT molecular complexity index is 56.9. The number of rotatable bonds is 0. The average molecular weight is 100 g/mol. The molecule has 0 amide bonds. The van der Waals surface area contributed by atoms with Gasteiger partial charge in [0.05, 0.1) is 0 Å². The molecule has 0 saturated carbocycles. The summed E-state index contributed by atoms with van der Waals surface area (Å²) in [5, 5.41) is 0. The van der Waals surface area contributed by atoms with E-state index >= 15 is 0 Å². The predicted molar refractivity (Wildman–Crippen MR) is 31.3 cm³/mol. The number of hydrogen-bond donors (Lipinski definition) is 0. The summed E-state index contributed by atoms with van der Waals surface area (Å²) in [5.74, 6) is 0. The minimum absolute atomic E-state index is 0.228. The molecule has 0 N–H and O–H groups in total. The Morgan fingerprint density at radius 1 is 1.43 bits per heavy atom. The Hall–Kier alpha value is -0.0400. The Kier molecular flexibility index (Phi) is 1.29. The van der Waals surface area contributed by atoms with Gasteiger partial charge in [-0.2, -0.15) is 0 Å². The first kappa shape index (κ1) is 3.90. The van der Waals surface area contributed by atoms with E-state index in [4.69, 9.17) is 1.37 Å². The molecule has 0 bridgehead atoms. The molecule has 0 aliphatic carbocycles. The van der Waals surface area contributed by atoms with Crippen LogP contribution >= 0.6 is 0 Å². The SMILES string of the molecule is [2H]C1CCN(C)CC1. The molecule has 1 fully saturated rings. The zero-order valence-electron chi connectivity index (χ0n) is 5.85. The lowest BCUT2D eigenvalue weighted by Crippen LogP contribution is -2.24. The van der Waals surface area contributed by atoms with Crippen molar-refractivity contribution in [2.45, 2.75) is 19.2 Å². The fourth-order valence-electron chi connectivity index (χ4n) is 0.879. The third-order valence-corrected chi connectivity index (χ3v) is 1.43. The summed E-state index contributed by atoms with van der Waals surface area (Å²) in [4.78, 5) is 2.28. The molecule has 0 aromatic rings.